The van der Waals surface area contributed by atoms with Crippen LogP contribution in [0, 0.1) is 0 Å². The summed E-state index contributed by atoms with van der Waals surface area (Å²) in [7, 11) is 0. The molecule has 3 N–H and O–H groups in total. The van der Waals surface area contributed by atoms with Crippen LogP contribution in [0.2, 0.25) is 0 Å². The van der Waals surface area contributed by atoms with Gasteiger partial charge in [0.05, 0.1) is 17.7 Å². The lowest BCUT2D eigenvalue weighted by Gasteiger charge is -2.07. The number of aliphatic hydroxyl groups excluding tert-OH is 1. The average molecular weight is 349 g/mol. The van der Waals surface area contributed by atoms with E-state index in [1.807, 2.05) is 0 Å². The van der Waals surface area contributed by atoms with Crippen LogP contribution in [0.4, 0.5) is 13.2 Å². The highest BCUT2D eigenvalue weighted by Gasteiger charge is 2.31. The molecule has 0 atom stereocenters. The van der Waals surface area contributed by atoms with E-state index in [2.05, 4.69) is 15.5 Å². The summed E-state index contributed by atoms with van der Waals surface area (Å²) in [5.74, 6) is -0.583. The predicted molar refractivity (Wildman–Crippen MR) is 84.6 cm³/mol. The van der Waals surface area contributed by atoms with Crippen LogP contribution in [-0.4, -0.2) is 21.2 Å². The summed E-state index contributed by atoms with van der Waals surface area (Å²) < 4.78 is 38.5. The number of fused-ring (bicyclic) bond motifs is 1. The van der Waals surface area contributed by atoms with Crippen LogP contribution in [0.15, 0.2) is 42.5 Å². The molecular formula is C17H14F3N3O2. The van der Waals surface area contributed by atoms with E-state index in [1.165, 1.54) is 6.07 Å². The molecule has 25 heavy (non-hydrogen) atoms. The first-order valence-electron chi connectivity index (χ1n) is 7.40. The van der Waals surface area contributed by atoms with Crippen LogP contribution in [-0.2, 0) is 19.3 Å². The number of aromatic amines is 1. The van der Waals surface area contributed by atoms with Crippen molar-refractivity contribution in [1.82, 2.24) is 15.5 Å². The molecule has 1 heterocycles. The highest BCUT2D eigenvalue weighted by Crippen LogP contribution is 2.31. The number of nitrogens with one attached hydrogen (secondary N) is 2. The Morgan fingerprint density at radius 3 is 2.64 bits per heavy atom. The minimum Gasteiger partial charge on any atom is -0.392 e. The zero-order valence-electron chi connectivity index (χ0n) is 12.9. The second-order valence-electron chi connectivity index (χ2n) is 5.49. The zero-order valence-corrected chi connectivity index (χ0v) is 12.9. The molecule has 5 nitrogen and oxygen atoms in total. The molecule has 3 aromatic rings. The number of H-pyrrole nitrogens is 1. The maximum absolute atomic E-state index is 12.8. The Hall–Kier alpha value is -2.87. The molecule has 0 saturated carbocycles. The van der Waals surface area contributed by atoms with Gasteiger partial charge in [0.25, 0.3) is 5.91 Å². The summed E-state index contributed by atoms with van der Waals surface area (Å²) in [6.45, 7) is 0.0476. The third kappa shape index (κ3) is 3.63. The molecule has 0 spiro atoms. The van der Waals surface area contributed by atoms with Crippen molar-refractivity contribution in [3.8, 4) is 0 Å². The molecule has 0 bridgehead atoms. The van der Waals surface area contributed by atoms with Crippen LogP contribution in [0.5, 0.6) is 0 Å². The molecule has 2 aromatic carbocycles. The van der Waals surface area contributed by atoms with E-state index < -0.39 is 17.6 Å². The lowest BCUT2D eigenvalue weighted by molar-refractivity contribution is -0.137. The summed E-state index contributed by atoms with van der Waals surface area (Å²) in [6, 6.07) is 10.1. The number of alkyl halides is 3. The van der Waals surface area contributed by atoms with Gasteiger partial charge in [-0.25, -0.2) is 0 Å². The molecule has 0 aliphatic carbocycles. The van der Waals surface area contributed by atoms with Gasteiger partial charge in [0.15, 0.2) is 5.69 Å². The molecule has 0 radical (unpaired) electrons. The second-order valence-corrected chi connectivity index (χ2v) is 5.49. The van der Waals surface area contributed by atoms with Gasteiger partial charge in [-0.3, -0.25) is 9.89 Å². The molecule has 0 aliphatic heterocycles. The Kier molecular flexibility index (Phi) is 4.45. The largest absolute Gasteiger partial charge is 0.416 e. The number of rotatable bonds is 4. The highest BCUT2D eigenvalue weighted by molar-refractivity contribution is 6.04. The fraction of sp³-hybridized carbons (Fsp3) is 0.176. The molecule has 130 valence electrons. The van der Waals surface area contributed by atoms with Gasteiger partial charge in [-0.05, 0) is 29.3 Å². The topological polar surface area (TPSA) is 78.0 Å². The van der Waals surface area contributed by atoms with Crippen LogP contribution < -0.4 is 5.32 Å². The Bertz CT molecular complexity index is 919. The third-order valence-electron chi connectivity index (χ3n) is 3.73. The first kappa shape index (κ1) is 17.0. The van der Waals surface area contributed by atoms with Crippen molar-refractivity contribution in [2.24, 2.45) is 0 Å². The normalized spacial score (nSPS) is 11.7. The van der Waals surface area contributed by atoms with Gasteiger partial charge in [-0.1, -0.05) is 24.3 Å². The molecule has 3 rings (SSSR count). The number of aliphatic hydroxyl groups is 1. The summed E-state index contributed by atoms with van der Waals surface area (Å²) in [4.78, 5) is 12.3. The molecule has 0 fully saturated rings. The predicted octanol–water partition coefficient (Wildman–Crippen LogP) is 3.00. The van der Waals surface area contributed by atoms with Gasteiger partial charge in [-0.2, -0.15) is 18.3 Å². The molecule has 0 aliphatic rings. The van der Waals surface area contributed by atoms with Crippen molar-refractivity contribution in [1.29, 1.82) is 0 Å². The molecule has 8 heteroatoms. The van der Waals surface area contributed by atoms with Crippen molar-refractivity contribution in [3.63, 3.8) is 0 Å². The minimum atomic E-state index is -4.50. The number of halogens is 3. The number of benzene rings is 2. The van der Waals surface area contributed by atoms with Crippen molar-refractivity contribution >= 4 is 16.8 Å². The Balaban J connectivity index is 1.82. The van der Waals surface area contributed by atoms with Gasteiger partial charge in [-0.15, -0.1) is 0 Å². The number of hydrogen-bond acceptors (Lipinski definition) is 3. The Morgan fingerprint density at radius 1 is 1.16 bits per heavy atom. The quantitative estimate of drug-likeness (QED) is 0.678. The van der Waals surface area contributed by atoms with Gasteiger partial charge in [0.1, 0.15) is 0 Å². The van der Waals surface area contributed by atoms with Crippen LogP contribution in [0.3, 0.4) is 0 Å². The van der Waals surface area contributed by atoms with E-state index in [0.717, 1.165) is 17.7 Å². The minimum absolute atomic E-state index is 0.0978. The number of aromatic nitrogens is 2. The van der Waals surface area contributed by atoms with Crippen LogP contribution in [0.1, 0.15) is 27.2 Å². The molecule has 0 unspecified atom stereocenters. The van der Waals surface area contributed by atoms with Crippen molar-refractivity contribution in [3.05, 3.63) is 64.8 Å². The maximum Gasteiger partial charge on any atom is 0.416 e. The standard InChI is InChI=1S/C17H14F3N3O2/c18-17(19,20)12-4-5-14-13(7-12)15(23-22-14)16(25)21-8-10-2-1-3-11(6-10)9-24/h1-7,24H,8-9H2,(H,21,25)(H,22,23). The van der Waals surface area contributed by atoms with Crippen LogP contribution >= 0.6 is 0 Å². The maximum atomic E-state index is 12.8. The van der Waals surface area contributed by atoms with E-state index in [0.29, 0.717) is 11.1 Å². The number of carbonyl (C=O) groups is 1. The van der Waals surface area contributed by atoms with E-state index >= 15 is 0 Å². The van der Waals surface area contributed by atoms with Gasteiger partial charge in [0, 0.05) is 11.9 Å². The van der Waals surface area contributed by atoms with Gasteiger partial charge >= 0.3 is 6.18 Å². The number of nitrogens with zero attached hydrogens (tertiary/aromatic N) is 1. The van der Waals surface area contributed by atoms with Crippen LogP contribution in [0.25, 0.3) is 10.9 Å². The lowest BCUT2D eigenvalue weighted by Crippen LogP contribution is -2.23. The number of carbonyl (C=O) groups excluding carboxylic acids is 1. The molecule has 0 saturated heterocycles. The monoisotopic (exact) mass is 349 g/mol. The smallest absolute Gasteiger partial charge is 0.392 e. The fourth-order valence-electron chi connectivity index (χ4n) is 2.47. The van der Waals surface area contributed by atoms with E-state index in [9.17, 15) is 18.0 Å². The van der Waals surface area contributed by atoms with Gasteiger partial charge in [0.2, 0.25) is 0 Å². The van der Waals surface area contributed by atoms with E-state index in [4.69, 9.17) is 5.11 Å². The number of amides is 1. The molecule has 1 amide bonds. The van der Waals surface area contributed by atoms with Gasteiger partial charge < -0.3 is 10.4 Å². The van der Waals surface area contributed by atoms with E-state index in [1.54, 1.807) is 24.3 Å². The number of hydrogen-bond donors (Lipinski definition) is 3. The van der Waals surface area contributed by atoms with Crippen molar-refractivity contribution in [2.75, 3.05) is 0 Å². The highest BCUT2D eigenvalue weighted by atomic mass is 19.4. The third-order valence-corrected chi connectivity index (χ3v) is 3.73. The molecular weight excluding hydrogens is 335 g/mol. The molecule has 1 aromatic heterocycles. The first-order valence-corrected chi connectivity index (χ1v) is 7.40. The van der Waals surface area contributed by atoms with Crippen molar-refractivity contribution < 1.29 is 23.1 Å². The summed E-state index contributed by atoms with van der Waals surface area (Å²) in [6.07, 6.45) is -4.50. The Labute approximate surface area is 140 Å². The van der Waals surface area contributed by atoms with E-state index in [-0.39, 0.29) is 24.2 Å². The second kappa shape index (κ2) is 6.56. The lowest BCUT2D eigenvalue weighted by atomic mass is 10.1. The summed E-state index contributed by atoms with van der Waals surface area (Å²) in [5, 5.41) is 18.2. The zero-order chi connectivity index (χ0) is 18.0. The Morgan fingerprint density at radius 2 is 1.92 bits per heavy atom. The van der Waals surface area contributed by atoms with Crippen molar-refractivity contribution in [2.45, 2.75) is 19.3 Å². The first-order chi connectivity index (χ1) is 11.9. The fourth-order valence-corrected chi connectivity index (χ4v) is 2.47. The summed E-state index contributed by atoms with van der Waals surface area (Å²) in [5.41, 5.74) is 0.869. The SMILES string of the molecule is O=C(NCc1cccc(CO)c1)c1n[nH]c2ccc(C(F)(F)F)cc12. The average Bonchev–Trinajstić information content (AvgIpc) is 3.02. The summed E-state index contributed by atoms with van der Waals surface area (Å²) >= 11 is 0.